The molecule has 160 valence electrons. The molecule has 0 amide bonds. The number of hydrogen-bond donors (Lipinski definition) is 1. The van der Waals surface area contributed by atoms with E-state index in [1.165, 1.54) is 5.56 Å². The van der Waals surface area contributed by atoms with Gasteiger partial charge >= 0.3 is 0 Å². The standard InChI is InChI=1S/C24H24BrClN4O/c1-5-31-21-17(12-18(26)15(4)19(21)16-8-6-13(2)7-9-16)14(3)24-29-22(25)20-23(27)28-10-11-30(20)24/h6-12,14H,5H2,1-4H3,(H2,27,28). The maximum Gasteiger partial charge on any atom is 0.150 e. The zero-order valence-electron chi connectivity index (χ0n) is 17.9. The van der Waals surface area contributed by atoms with Crippen LogP contribution in [0.25, 0.3) is 16.6 Å². The van der Waals surface area contributed by atoms with Gasteiger partial charge in [0.1, 0.15) is 21.7 Å². The van der Waals surface area contributed by atoms with Crippen LogP contribution in [0, 0.1) is 13.8 Å². The van der Waals surface area contributed by atoms with Gasteiger partial charge in [0.05, 0.1) is 6.61 Å². The average Bonchev–Trinajstić information content (AvgIpc) is 3.09. The lowest BCUT2D eigenvalue weighted by Crippen LogP contribution is -2.08. The number of nitrogens with two attached hydrogens (primary N) is 1. The lowest BCUT2D eigenvalue weighted by Gasteiger charge is -2.22. The molecule has 0 aliphatic heterocycles. The average molecular weight is 500 g/mol. The maximum absolute atomic E-state index is 6.73. The number of aromatic nitrogens is 3. The second-order valence-electron chi connectivity index (χ2n) is 7.59. The summed E-state index contributed by atoms with van der Waals surface area (Å²) in [5.41, 5.74) is 12.1. The minimum absolute atomic E-state index is 0.107. The summed E-state index contributed by atoms with van der Waals surface area (Å²) in [6.07, 6.45) is 3.54. The van der Waals surface area contributed by atoms with Crippen LogP contribution in [0.2, 0.25) is 5.02 Å². The topological polar surface area (TPSA) is 65.4 Å². The zero-order chi connectivity index (χ0) is 22.3. The molecule has 0 aliphatic rings. The molecule has 4 aromatic rings. The quantitative estimate of drug-likeness (QED) is 0.338. The molecular formula is C24H24BrClN4O. The van der Waals surface area contributed by atoms with Gasteiger partial charge in [-0.15, -0.1) is 0 Å². The van der Waals surface area contributed by atoms with E-state index < -0.39 is 0 Å². The largest absolute Gasteiger partial charge is 0.493 e. The summed E-state index contributed by atoms with van der Waals surface area (Å²) in [6.45, 7) is 8.74. The lowest BCUT2D eigenvalue weighted by molar-refractivity contribution is 0.336. The van der Waals surface area contributed by atoms with Crippen LogP contribution >= 0.6 is 27.5 Å². The van der Waals surface area contributed by atoms with Crippen molar-refractivity contribution in [2.45, 2.75) is 33.6 Å². The molecule has 7 heteroatoms. The van der Waals surface area contributed by atoms with E-state index in [9.17, 15) is 0 Å². The first-order valence-corrected chi connectivity index (χ1v) is 11.3. The van der Waals surface area contributed by atoms with E-state index >= 15 is 0 Å². The van der Waals surface area contributed by atoms with Gasteiger partial charge in [-0.2, -0.15) is 0 Å². The third-order valence-electron chi connectivity index (χ3n) is 5.56. The molecule has 0 spiro atoms. The Kier molecular flexibility index (Phi) is 5.95. The minimum Gasteiger partial charge on any atom is -0.493 e. The second kappa shape index (κ2) is 8.52. The molecule has 2 heterocycles. The number of fused-ring (bicyclic) bond motifs is 1. The Balaban J connectivity index is 1.97. The third kappa shape index (κ3) is 3.79. The Morgan fingerprint density at radius 3 is 2.61 bits per heavy atom. The van der Waals surface area contributed by atoms with E-state index in [2.05, 4.69) is 59.0 Å². The Morgan fingerprint density at radius 2 is 1.94 bits per heavy atom. The number of aryl methyl sites for hydroxylation is 1. The van der Waals surface area contributed by atoms with Crippen molar-refractivity contribution in [3.63, 3.8) is 0 Å². The Hall–Kier alpha value is -2.57. The van der Waals surface area contributed by atoms with Crippen molar-refractivity contribution in [3.05, 3.63) is 74.9 Å². The Bertz CT molecular complexity index is 1270. The number of ether oxygens (including phenoxy) is 1. The van der Waals surface area contributed by atoms with Gasteiger partial charge in [0.15, 0.2) is 5.82 Å². The van der Waals surface area contributed by atoms with Gasteiger partial charge in [-0.1, -0.05) is 48.4 Å². The van der Waals surface area contributed by atoms with Crippen LogP contribution in [-0.2, 0) is 0 Å². The molecule has 0 saturated carbocycles. The van der Waals surface area contributed by atoms with E-state index in [-0.39, 0.29) is 5.92 Å². The smallest absolute Gasteiger partial charge is 0.150 e. The Labute approximate surface area is 195 Å². The summed E-state index contributed by atoms with van der Waals surface area (Å²) in [4.78, 5) is 8.94. The molecule has 0 saturated heterocycles. The highest BCUT2D eigenvalue weighted by atomic mass is 79.9. The minimum atomic E-state index is -0.107. The first-order chi connectivity index (χ1) is 14.8. The van der Waals surface area contributed by atoms with Crippen molar-refractivity contribution in [3.8, 4) is 16.9 Å². The highest BCUT2D eigenvalue weighted by Gasteiger charge is 2.26. The zero-order valence-corrected chi connectivity index (χ0v) is 20.3. The van der Waals surface area contributed by atoms with E-state index in [4.69, 9.17) is 27.1 Å². The molecule has 31 heavy (non-hydrogen) atoms. The molecule has 1 atom stereocenters. The van der Waals surface area contributed by atoms with E-state index in [0.29, 0.717) is 22.1 Å². The van der Waals surface area contributed by atoms with Crippen molar-refractivity contribution < 1.29 is 4.74 Å². The van der Waals surface area contributed by atoms with Crippen LogP contribution < -0.4 is 10.5 Å². The van der Waals surface area contributed by atoms with E-state index in [0.717, 1.165) is 39.3 Å². The molecule has 0 fully saturated rings. The van der Waals surface area contributed by atoms with Gasteiger partial charge in [-0.05, 0) is 53.9 Å². The normalized spacial score (nSPS) is 12.3. The van der Waals surface area contributed by atoms with Crippen molar-refractivity contribution in [1.29, 1.82) is 0 Å². The predicted molar refractivity (Wildman–Crippen MR) is 130 cm³/mol. The van der Waals surface area contributed by atoms with E-state index in [1.807, 2.05) is 30.5 Å². The molecule has 4 rings (SSSR count). The summed E-state index contributed by atoms with van der Waals surface area (Å²) in [5.74, 6) is 1.97. The van der Waals surface area contributed by atoms with Crippen LogP contribution in [0.4, 0.5) is 5.82 Å². The number of halogens is 2. The van der Waals surface area contributed by atoms with Crippen molar-refractivity contribution >= 4 is 38.9 Å². The molecule has 2 aromatic carbocycles. The summed E-state index contributed by atoms with van der Waals surface area (Å²) < 4.78 is 8.86. The molecule has 0 aliphatic carbocycles. The monoisotopic (exact) mass is 498 g/mol. The number of rotatable bonds is 5. The van der Waals surface area contributed by atoms with Gasteiger partial charge in [0.25, 0.3) is 0 Å². The fourth-order valence-electron chi connectivity index (χ4n) is 3.92. The van der Waals surface area contributed by atoms with Crippen LogP contribution in [0.15, 0.2) is 47.3 Å². The predicted octanol–water partition coefficient (Wildman–Crippen LogP) is 6.56. The third-order valence-corrected chi connectivity index (χ3v) is 6.50. The molecule has 2 aromatic heterocycles. The lowest BCUT2D eigenvalue weighted by atomic mass is 9.90. The number of benzene rings is 2. The van der Waals surface area contributed by atoms with Crippen molar-refractivity contribution in [2.24, 2.45) is 0 Å². The van der Waals surface area contributed by atoms with Gasteiger partial charge < -0.3 is 10.5 Å². The van der Waals surface area contributed by atoms with Gasteiger partial charge in [-0.3, -0.25) is 4.40 Å². The number of nitrogens with zero attached hydrogens (tertiary/aromatic N) is 3. The van der Waals surface area contributed by atoms with Gasteiger partial charge in [0, 0.05) is 34.5 Å². The fraction of sp³-hybridized carbons (Fsp3) is 0.250. The number of nitrogen functional groups attached to an aromatic ring is 1. The molecule has 1 unspecified atom stereocenters. The molecule has 2 N–H and O–H groups in total. The summed E-state index contributed by atoms with van der Waals surface area (Å²) in [7, 11) is 0. The fourth-order valence-corrected chi connectivity index (χ4v) is 4.71. The van der Waals surface area contributed by atoms with Gasteiger partial charge in [0.2, 0.25) is 0 Å². The maximum atomic E-state index is 6.73. The Morgan fingerprint density at radius 1 is 1.23 bits per heavy atom. The van der Waals surface area contributed by atoms with Crippen LogP contribution in [0.3, 0.4) is 0 Å². The summed E-state index contributed by atoms with van der Waals surface area (Å²) >= 11 is 10.3. The number of anilines is 1. The number of hydrogen-bond acceptors (Lipinski definition) is 4. The van der Waals surface area contributed by atoms with Crippen LogP contribution in [0.5, 0.6) is 5.75 Å². The van der Waals surface area contributed by atoms with Crippen LogP contribution in [0.1, 0.15) is 42.3 Å². The summed E-state index contributed by atoms with van der Waals surface area (Å²) in [5, 5.41) is 0.696. The van der Waals surface area contributed by atoms with Gasteiger partial charge in [-0.25, -0.2) is 9.97 Å². The molecule has 0 bridgehead atoms. The van der Waals surface area contributed by atoms with Crippen LogP contribution in [-0.4, -0.2) is 21.0 Å². The first kappa shape index (κ1) is 21.7. The molecule has 0 radical (unpaired) electrons. The summed E-state index contributed by atoms with van der Waals surface area (Å²) in [6, 6.07) is 10.4. The first-order valence-electron chi connectivity index (χ1n) is 10.1. The SMILES string of the molecule is CCOc1c(C(C)c2nc(Br)c3c(N)nccn23)cc(Cl)c(C)c1-c1ccc(C)cc1. The molecular weight excluding hydrogens is 476 g/mol. The second-order valence-corrected chi connectivity index (χ2v) is 8.75. The van der Waals surface area contributed by atoms with Crippen molar-refractivity contribution in [2.75, 3.05) is 12.3 Å². The highest BCUT2D eigenvalue weighted by Crippen LogP contribution is 2.44. The highest BCUT2D eigenvalue weighted by molar-refractivity contribution is 9.10. The molecule has 5 nitrogen and oxygen atoms in total. The van der Waals surface area contributed by atoms with E-state index in [1.54, 1.807) is 6.20 Å². The number of imidazole rings is 1. The van der Waals surface area contributed by atoms with Crippen molar-refractivity contribution in [1.82, 2.24) is 14.4 Å².